The molecule has 1 saturated heterocycles. The summed E-state index contributed by atoms with van der Waals surface area (Å²) in [7, 11) is 0. The number of hydrogen-bond donors (Lipinski definition) is 1. The summed E-state index contributed by atoms with van der Waals surface area (Å²) >= 11 is 0. The van der Waals surface area contributed by atoms with Gasteiger partial charge >= 0.3 is 12.2 Å². The fourth-order valence-electron chi connectivity index (χ4n) is 4.14. The van der Waals surface area contributed by atoms with Crippen molar-refractivity contribution in [2.24, 2.45) is 0 Å². The number of urea groups is 1. The zero-order chi connectivity index (χ0) is 26.3. The average molecular weight is 493 g/mol. The number of hydrogen-bond acceptors (Lipinski definition) is 4. The second-order valence-corrected chi connectivity index (χ2v) is 9.00. The molecule has 0 spiro atoms. The molecule has 0 atom stereocenters. The van der Waals surface area contributed by atoms with Crippen LogP contribution in [-0.2, 0) is 17.5 Å². The van der Waals surface area contributed by atoms with Crippen LogP contribution in [-0.4, -0.2) is 22.4 Å². The van der Waals surface area contributed by atoms with Gasteiger partial charge in [-0.15, -0.1) is 0 Å². The fraction of sp³-hybridized carbons (Fsp3) is 0.222. The van der Waals surface area contributed by atoms with Gasteiger partial charge in [-0.2, -0.15) is 18.4 Å². The Balaban J connectivity index is 1.69. The minimum atomic E-state index is -4.82. The van der Waals surface area contributed by atoms with Gasteiger partial charge in [0.25, 0.3) is 5.91 Å². The summed E-state index contributed by atoms with van der Waals surface area (Å²) in [6, 6.07) is 18.6. The maximum atomic E-state index is 13.5. The molecule has 1 N–H and O–H groups in total. The van der Waals surface area contributed by atoms with E-state index < -0.39 is 34.8 Å². The van der Waals surface area contributed by atoms with Crippen molar-refractivity contribution in [1.82, 2.24) is 4.90 Å². The van der Waals surface area contributed by atoms with Crippen molar-refractivity contribution in [1.29, 1.82) is 5.26 Å². The van der Waals surface area contributed by atoms with Gasteiger partial charge in [0, 0.05) is 11.4 Å². The molecule has 0 bridgehead atoms. The second-order valence-electron chi connectivity index (χ2n) is 9.00. The van der Waals surface area contributed by atoms with Crippen molar-refractivity contribution in [3.05, 3.63) is 89.0 Å². The number of imide groups is 1. The summed E-state index contributed by atoms with van der Waals surface area (Å²) < 4.78 is 40.5. The number of nitrogens with one attached hydrogen (secondary N) is 1. The number of rotatable bonds is 5. The van der Waals surface area contributed by atoms with Crippen LogP contribution in [0, 0.1) is 18.3 Å². The highest BCUT2D eigenvalue weighted by molar-refractivity contribution is 6.23. The van der Waals surface area contributed by atoms with Gasteiger partial charge in [-0.05, 0) is 62.2 Å². The molecular weight excluding hydrogens is 469 g/mol. The van der Waals surface area contributed by atoms with Crippen LogP contribution in [0.1, 0.15) is 36.1 Å². The third-order valence-electron chi connectivity index (χ3n) is 6.27. The van der Waals surface area contributed by atoms with Crippen LogP contribution in [0.25, 0.3) is 0 Å². The number of alkyl halides is 3. The first kappa shape index (κ1) is 24.8. The highest BCUT2D eigenvalue weighted by Gasteiger charge is 2.52. The zero-order valence-electron chi connectivity index (χ0n) is 19.8. The first-order valence-electron chi connectivity index (χ1n) is 11.1. The van der Waals surface area contributed by atoms with Gasteiger partial charge in [-0.25, -0.2) is 9.69 Å². The van der Waals surface area contributed by atoms with Crippen LogP contribution in [0.2, 0.25) is 0 Å². The van der Waals surface area contributed by atoms with Crippen LogP contribution in [0.15, 0.2) is 66.7 Å². The monoisotopic (exact) mass is 492 g/mol. The molecule has 184 valence electrons. The Kier molecular flexibility index (Phi) is 6.23. The van der Waals surface area contributed by atoms with Crippen LogP contribution in [0.4, 0.5) is 35.0 Å². The first-order valence-corrected chi connectivity index (χ1v) is 11.1. The Morgan fingerprint density at radius 3 is 2.25 bits per heavy atom. The van der Waals surface area contributed by atoms with E-state index in [1.165, 1.54) is 17.0 Å². The van der Waals surface area contributed by atoms with Crippen molar-refractivity contribution >= 4 is 29.0 Å². The quantitative estimate of drug-likeness (QED) is 0.420. The summed E-state index contributed by atoms with van der Waals surface area (Å²) in [5.41, 5.74) is 0.0215. The summed E-state index contributed by atoms with van der Waals surface area (Å²) in [5, 5.41) is 12.4. The number of amides is 3. The Morgan fingerprint density at radius 2 is 1.61 bits per heavy atom. The maximum absolute atomic E-state index is 13.5. The van der Waals surface area contributed by atoms with Crippen LogP contribution in [0.5, 0.6) is 0 Å². The van der Waals surface area contributed by atoms with Crippen molar-refractivity contribution in [2.75, 3.05) is 10.2 Å². The van der Waals surface area contributed by atoms with Crippen LogP contribution >= 0.6 is 0 Å². The zero-order valence-corrected chi connectivity index (χ0v) is 19.8. The smallest absolute Gasteiger partial charge is 0.355 e. The third kappa shape index (κ3) is 4.38. The van der Waals surface area contributed by atoms with Gasteiger partial charge in [-0.1, -0.05) is 36.4 Å². The maximum Gasteiger partial charge on any atom is 0.417 e. The molecule has 4 rings (SSSR count). The molecule has 36 heavy (non-hydrogen) atoms. The topological polar surface area (TPSA) is 76.4 Å². The van der Waals surface area contributed by atoms with E-state index in [-0.39, 0.29) is 12.2 Å². The number of para-hydroxylation sites is 2. The van der Waals surface area contributed by atoms with Crippen molar-refractivity contribution < 1.29 is 22.8 Å². The number of anilines is 3. The van der Waals surface area contributed by atoms with Crippen molar-refractivity contribution in [3.8, 4) is 6.07 Å². The number of halogens is 3. The van der Waals surface area contributed by atoms with Crippen LogP contribution in [0.3, 0.4) is 0 Å². The lowest BCUT2D eigenvalue weighted by molar-refractivity contribution is -0.137. The molecule has 3 amide bonds. The molecule has 1 aliphatic rings. The molecule has 0 saturated carbocycles. The number of carbonyl (C=O) groups is 2. The minimum Gasteiger partial charge on any atom is -0.355 e. The molecule has 3 aromatic rings. The average Bonchev–Trinajstić information content (AvgIpc) is 3.00. The van der Waals surface area contributed by atoms with Gasteiger partial charge in [-0.3, -0.25) is 4.79 Å². The van der Waals surface area contributed by atoms with Gasteiger partial charge in [0.05, 0.1) is 29.4 Å². The Hall–Kier alpha value is -4.32. The Morgan fingerprint density at radius 1 is 0.972 bits per heavy atom. The number of aryl methyl sites for hydroxylation is 1. The summed E-state index contributed by atoms with van der Waals surface area (Å²) in [6.07, 6.45) is -4.82. The predicted octanol–water partition coefficient (Wildman–Crippen LogP) is 6.38. The van der Waals surface area contributed by atoms with E-state index in [9.17, 15) is 22.8 Å². The minimum absolute atomic E-state index is 0.0472. The molecule has 1 fully saturated rings. The molecule has 3 aromatic carbocycles. The molecule has 0 unspecified atom stereocenters. The number of nitrogens with zero attached hydrogens (tertiary/aromatic N) is 3. The van der Waals surface area contributed by atoms with E-state index >= 15 is 0 Å². The lowest BCUT2D eigenvalue weighted by atomic mass is 10.0. The van der Waals surface area contributed by atoms with E-state index in [0.717, 1.165) is 33.5 Å². The lowest BCUT2D eigenvalue weighted by Crippen LogP contribution is -2.43. The van der Waals surface area contributed by atoms with E-state index in [1.807, 2.05) is 55.5 Å². The van der Waals surface area contributed by atoms with E-state index in [2.05, 4.69) is 5.32 Å². The molecule has 9 heteroatoms. The number of benzene rings is 3. The highest BCUT2D eigenvalue weighted by Crippen LogP contribution is 2.38. The molecule has 1 aliphatic heterocycles. The van der Waals surface area contributed by atoms with Gasteiger partial charge in [0.15, 0.2) is 0 Å². The molecular formula is C27H23F3N4O2. The molecule has 0 aromatic heterocycles. The second kappa shape index (κ2) is 9.04. The van der Waals surface area contributed by atoms with E-state index in [4.69, 9.17) is 5.26 Å². The highest BCUT2D eigenvalue weighted by atomic mass is 19.4. The first-order chi connectivity index (χ1) is 16.9. The SMILES string of the molecule is Cc1ccccc1Nc1ccccc1CN1C(=O)N(c2ccc(C#N)c(C(F)(F)F)c2)C(=O)C1(C)C. The van der Waals surface area contributed by atoms with Crippen LogP contribution < -0.4 is 10.2 Å². The number of carbonyl (C=O) groups excluding carboxylic acids is 2. The van der Waals surface area contributed by atoms with E-state index in [1.54, 1.807) is 13.8 Å². The summed E-state index contributed by atoms with van der Waals surface area (Å²) in [4.78, 5) is 28.8. The van der Waals surface area contributed by atoms with Crippen molar-refractivity contribution in [2.45, 2.75) is 39.0 Å². The summed E-state index contributed by atoms with van der Waals surface area (Å²) in [5.74, 6) is -0.658. The normalized spacial score (nSPS) is 15.2. The predicted molar refractivity (Wildman–Crippen MR) is 130 cm³/mol. The standard InChI is InChI=1S/C27H23F3N4O2/c1-17-8-4-6-10-22(17)32-23-11-7-5-9-19(23)16-33-25(36)34(24(35)26(33,2)3)20-13-12-18(15-31)21(14-20)27(28,29)30/h4-14,32H,16H2,1-3H3. The van der Waals surface area contributed by atoms with Gasteiger partial charge in [0.2, 0.25) is 0 Å². The molecule has 0 radical (unpaired) electrons. The third-order valence-corrected chi connectivity index (χ3v) is 6.27. The summed E-state index contributed by atoms with van der Waals surface area (Å²) in [6.45, 7) is 5.12. The molecule has 1 heterocycles. The van der Waals surface area contributed by atoms with E-state index in [0.29, 0.717) is 6.07 Å². The van der Waals surface area contributed by atoms with Crippen molar-refractivity contribution in [3.63, 3.8) is 0 Å². The molecule has 0 aliphatic carbocycles. The number of nitriles is 1. The Labute approximate surface area is 206 Å². The van der Waals surface area contributed by atoms with Gasteiger partial charge in [0.1, 0.15) is 5.54 Å². The largest absolute Gasteiger partial charge is 0.417 e. The molecule has 6 nitrogen and oxygen atoms in total. The Bertz CT molecular complexity index is 1390. The van der Waals surface area contributed by atoms with Gasteiger partial charge < -0.3 is 10.2 Å². The fourth-order valence-corrected chi connectivity index (χ4v) is 4.14. The lowest BCUT2D eigenvalue weighted by Gasteiger charge is -2.28.